The van der Waals surface area contributed by atoms with Gasteiger partial charge in [0.1, 0.15) is 11.5 Å². The average molecular weight is 551 g/mol. The molecule has 0 aliphatic rings. The fourth-order valence-corrected chi connectivity index (χ4v) is 3.18. The maximum absolute atomic E-state index is 13.1. The normalized spacial score (nSPS) is 11.7. The summed E-state index contributed by atoms with van der Waals surface area (Å²) in [4.78, 5) is 25.3. The van der Waals surface area contributed by atoms with E-state index in [1.165, 1.54) is 13.0 Å². The van der Waals surface area contributed by atoms with Crippen molar-refractivity contribution in [2.24, 2.45) is 5.73 Å². The maximum Gasteiger partial charge on any atom is 0.435 e. The smallest absolute Gasteiger partial charge is 0.383 e. The Hall–Kier alpha value is -2.79. The van der Waals surface area contributed by atoms with Crippen molar-refractivity contribution >= 4 is 50.9 Å². The number of benzene rings is 1. The molecule has 0 saturated heterocycles. The number of carbonyl (C=O) groups excluding carboxylic acids is 2. The van der Waals surface area contributed by atoms with Crippen molar-refractivity contribution < 1.29 is 22.8 Å². The molecule has 0 aliphatic heterocycles. The van der Waals surface area contributed by atoms with E-state index in [-0.39, 0.29) is 22.1 Å². The Morgan fingerprint density at radius 2 is 1.88 bits per heavy atom. The number of halogens is 5. The number of carbonyl (C=O) groups is 2. The highest BCUT2D eigenvalue weighted by Gasteiger charge is 2.36. The van der Waals surface area contributed by atoms with Gasteiger partial charge in [-0.3, -0.25) is 9.59 Å². The monoisotopic (exact) mass is 549 g/mol. The lowest BCUT2D eigenvalue weighted by Crippen LogP contribution is -2.26. The van der Waals surface area contributed by atoms with Gasteiger partial charge >= 0.3 is 6.18 Å². The summed E-state index contributed by atoms with van der Waals surface area (Å²) in [5.74, 6) is -1.75. The summed E-state index contributed by atoms with van der Waals surface area (Å²) in [5, 5.41) is 8.42. The molecule has 1 heterocycles. The maximum atomic E-state index is 13.1. The van der Waals surface area contributed by atoms with E-state index in [4.69, 9.17) is 17.3 Å². The molecule has 0 radical (unpaired) electrons. The quantitative estimate of drug-likeness (QED) is 0.427. The average Bonchev–Trinajstić information content (AvgIpc) is 3.15. The summed E-state index contributed by atoms with van der Waals surface area (Å²) in [7, 11) is 0. The molecule has 0 saturated carbocycles. The van der Waals surface area contributed by atoms with Crippen LogP contribution < -0.4 is 16.4 Å². The highest BCUT2D eigenvalue weighted by Crippen LogP contribution is 2.31. The fraction of sp³-hybridized carbons (Fsp3) is 0.286. The van der Waals surface area contributed by atoms with Crippen LogP contribution in [0.25, 0.3) is 5.82 Å². The molecule has 2 aromatic rings. The van der Waals surface area contributed by atoms with Gasteiger partial charge in [-0.05, 0) is 45.4 Å². The van der Waals surface area contributed by atoms with Crippen molar-refractivity contribution in [3.63, 3.8) is 0 Å². The Morgan fingerprint density at radius 3 is 2.36 bits per heavy atom. The second-order valence-electron chi connectivity index (χ2n) is 6.61. The number of hydrogen-bond donors (Lipinski definition) is 3. The molecule has 33 heavy (non-hydrogen) atoms. The second kappa shape index (κ2) is 11.9. The topological polar surface area (TPSA) is 102 Å². The van der Waals surface area contributed by atoms with Crippen molar-refractivity contribution in [3.05, 3.63) is 62.9 Å². The predicted octanol–water partition coefficient (Wildman–Crippen LogP) is 5.51. The molecule has 2 rings (SSSR count). The lowest BCUT2D eigenvalue weighted by atomic mass is 10.1. The third-order valence-electron chi connectivity index (χ3n) is 3.93. The summed E-state index contributed by atoms with van der Waals surface area (Å²) in [5.41, 5.74) is 4.70. The highest BCUT2D eigenvalue weighted by molar-refractivity contribution is 9.10. The number of aryl methyl sites for hydroxylation is 1. The van der Waals surface area contributed by atoms with Gasteiger partial charge in [0.25, 0.3) is 11.8 Å². The van der Waals surface area contributed by atoms with E-state index in [9.17, 15) is 22.8 Å². The minimum absolute atomic E-state index is 0.0521. The molecule has 1 aromatic carbocycles. The Morgan fingerprint density at radius 1 is 1.30 bits per heavy atom. The lowest BCUT2D eigenvalue weighted by molar-refractivity contribution is -0.141. The van der Waals surface area contributed by atoms with Gasteiger partial charge in [-0.25, -0.2) is 4.68 Å². The largest absolute Gasteiger partial charge is 0.435 e. The Kier molecular flexibility index (Phi) is 10.2. The number of nitrogens with two attached hydrogens (primary N) is 1. The van der Waals surface area contributed by atoms with E-state index < -0.39 is 29.4 Å². The molecular formula is C21H24BrClF3N5O2. The molecule has 0 spiro atoms. The number of amides is 2. The van der Waals surface area contributed by atoms with Gasteiger partial charge in [0.15, 0.2) is 5.69 Å². The van der Waals surface area contributed by atoms with Gasteiger partial charge in [-0.15, -0.1) is 6.58 Å². The van der Waals surface area contributed by atoms with Crippen molar-refractivity contribution in [1.82, 2.24) is 15.1 Å². The number of nitrogens with zero attached hydrogens (tertiary/aromatic N) is 2. The van der Waals surface area contributed by atoms with Gasteiger partial charge in [0.2, 0.25) is 0 Å². The molecule has 0 fully saturated rings. The molecule has 0 aliphatic carbocycles. The van der Waals surface area contributed by atoms with Gasteiger partial charge in [0, 0.05) is 17.1 Å². The molecular weight excluding hydrogens is 527 g/mol. The summed E-state index contributed by atoms with van der Waals surface area (Å²) >= 11 is 9.07. The molecule has 2 amide bonds. The third-order valence-corrected chi connectivity index (χ3v) is 4.59. The van der Waals surface area contributed by atoms with E-state index >= 15 is 0 Å². The minimum Gasteiger partial charge on any atom is -0.383 e. The van der Waals surface area contributed by atoms with Crippen molar-refractivity contribution in [3.8, 4) is 0 Å². The second-order valence-corrected chi connectivity index (χ2v) is 8.09. The number of rotatable bonds is 5. The zero-order valence-electron chi connectivity index (χ0n) is 18.4. The van der Waals surface area contributed by atoms with Gasteiger partial charge < -0.3 is 16.4 Å². The molecule has 0 bridgehead atoms. The van der Waals surface area contributed by atoms with Crippen molar-refractivity contribution in [2.45, 2.75) is 33.9 Å². The summed E-state index contributed by atoms with van der Waals surface area (Å²) in [6.45, 7) is 10.3. The first-order valence-corrected chi connectivity index (χ1v) is 10.7. The van der Waals surface area contributed by atoms with Crippen molar-refractivity contribution in [1.29, 1.82) is 0 Å². The number of aromatic nitrogens is 2. The Balaban J connectivity index is 0.00000172. The first kappa shape index (κ1) is 28.2. The number of anilines is 1. The molecule has 180 valence electrons. The van der Waals surface area contributed by atoms with E-state index in [1.54, 1.807) is 26.0 Å². The van der Waals surface area contributed by atoms with Crippen LogP contribution in [0, 0.1) is 6.92 Å². The van der Waals surface area contributed by atoms with Crippen LogP contribution in [0.4, 0.5) is 18.9 Å². The first-order chi connectivity index (χ1) is 15.3. The predicted molar refractivity (Wildman–Crippen MR) is 127 cm³/mol. The highest BCUT2D eigenvalue weighted by atomic mass is 79.9. The molecule has 12 heteroatoms. The zero-order valence-corrected chi connectivity index (χ0v) is 20.7. The first-order valence-electron chi connectivity index (χ1n) is 9.54. The zero-order chi connectivity index (χ0) is 25.5. The fourth-order valence-electron chi connectivity index (χ4n) is 2.53. The van der Waals surface area contributed by atoms with Crippen LogP contribution in [0.15, 0.2) is 40.4 Å². The molecule has 7 nitrogen and oxygen atoms in total. The van der Waals surface area contributed by atoms with E-state index in [2.05, 4.69) is 38.2 Å². The van der Waals surface area contributed by atoms with Crippen LogP contribution in [-0.2, 0) is 6.18 Å². The van der Waals surface area contributed by atoms with Gasteiger partial charge in [0.05, 0.1) is 16.3 Å². The van der Waals surface area contributed by atoms with E-state index in [1.807, 2.05) is 6.92 Å². The molecule has 0 unspecified atom stereocenters. The third kappa shape index (κ3) is 7.36. The summed E-state index contributed by atoms with van der Waals surface area (Å²) < 4.78 is 40.6. The summed E-state index contributed by atoms with van der Waals surface area (Å²) in [6, 6.07) is 3.69. The Bertz CT molecular complexity index is 1080. The molecule has 4 N–H and O–H groups in total. The minimum atomic E-state index is -4.81. The van der Waals surface area contributed by atoms with Gasteiger partial charge in [-0.2, -0.15) is 18.3 Å². The number of alkyl halides is 3. The summed E-state index contributed by atoms with van der Waals surface area (Å²) in [6.07, 6.45) is -3.06. The van der Waals surface area contributed by atoms with Crippen LogP contribution in [0.5, 0.6) is 0 Å². The number of nitrogens with one attached hydrogen (secondary N) is 2. The molecule has 1 aromatic heterocycles. The van der Waals surface area contributed by atoms with E-state index in [0.29, 0.717) is 27.3 Å². The lowest BCUT2D eigenvalue weighted by Gasteiger charge is -2.15. The number of allylic oxidation sites excluding steroid dienone is 2. The van der Waals surface area contributed by atoms with Gasteiger partial charge in [-0.1, -0.05) is 33.6 Å². The van der Waals surface area contributed by atoms with Crippen LogP contribution in [0.2, 0.25) is 0 Å². The van der Waals surface area contributed by atoms with Crippen molar-refractivity contribution in [2.75, 3.05) is 11.9 Å². The number of hydrogen-bond acceptors (Lipinski definition) is 4. The molecule has 0 atom stereocenters. The Labute approximate surface area is 203 Å². The van der Waals surface area contributed by atoms with Crippen LogP contribution in [-0.4, -0.2) is 28.1 Å². The van der Waals surface area contributed by atoms with Crippen LogP contribution >= 0.6 is 27.5 Å². The van der Waals surface area contributed by atoms with Crippen LogP contribution in [0.3, 0.4) is 0 Å². The van der Waals surface area contributed by atoms with Crippen LogP contribution in [0.1, 0.15) is 52.9 Å². The van der Waals surface area contributed by atoms with E-state index in [0.717, 1.165) is 0 Å². The standard InChI is InChI=1S/C18H18BrClF3N5O2.C3H6/c1-4-25-16(29)11-6-10(19)5-8(2)14(11)26-17(30)12-7-13(18(21,22)23)27-28(12)15(24)9(3)20;1-3-2/h5-7H,4,24H2,1-3H3,(H,25,29)(H,26,30);3H,1H2,2H3/b15-9-;. The SMILES string of the molecule is C=CC.CCNC(=O)c1cc(Br)cc(C)c1NC(=O)c1cc(C(F)(F)F)nn1/C(N)=C(/C)Cl.